The summed E-state index contributed by atoms with van der Waals surface area (Å²) in [6, 6.07) is 0. The molecule has 8 heteroatoms. The number of rotatable bonds is 2. The molecule has 0 aliphatic carbocycles. The third-order valence-corrected chi connectivity index (χ3v) is 3.00. The smallest absolute Gasteiger partial charge is 0.209 e. The zero-order valence-corrected chi connectivity index (χ0v) is 8.58. The van der Waals surface area contributed by atoms with E-state index in [1.54, 1.807) is 0 Å². The number of nitrogens with zero attached hydrogens (tertiary/aromatic N) is 4. The van der Waals surface area contributed by atoms with E-state index >= 15 is 0 Å². The van der Waals surface area contributed by atoms with E-state index in [0.29, 0.717) is 16.5 Å². The third-order valence-electron chi connectivity index (χ3n) is 1.01. The molecule has 1 unspecified atom stereocenters. The van der Waals surface area contributed by atoms with E-state index in [1.807, 2.05) is 10.8 Å². The predicted octanol–water partition coefficient (Wildman–Crippen LogP) is 0.847. The summed E-state index contributed by atoms with van der Waals surface area (Å²) in [6.45, 7) is 0. The molecule has 66 valence electrons. The van der Waals surface area contributed by atoms with Gasteiger partial charge >= 0.3 is 0 Å². The van der Waals surface area contributed by atoms with E-state index in [-0.39, 0.29) is 0 Å². The minimum absolute atomic E-state index is 0.315. The van der Waals surface area contributed by atoms with E-state index in [0.717, 1.165) is 23.5 Å². The summed E-state index contributed by atoms with van der Waals surface area (Å²) in [5, 5.41) is 20.7. The second-order valence-electron chi connectivity index (χ2n) is 1.74. The molecule has 1 aliphatic heterocycles. The number of hydrogen-bond donors (Lipinski definition) is 0. The van der Waals surface area contributed by atoms with Gasteiger partial charge in [0.25, 0.3) is 11.2 Å². The van der Waals surface area contributed by atoms with Gasteiger partial charge < -0.3 is 0 Å². The van der Waals surface area contributed by atoms with Gasteiger partial charge in [0.15, 0.2) is 0 Å². The van der Waals surface area contributed by atoms with Crippen molar-refractivity contribution >= 4 is 45.5 Å². The van der Waals surface area contributed by atoms with Crippen LogP contribution in [0.25, 0.3) is 0 Å². The van der Waals surface area contributed by atoms with E-state index in [4.69, 9.17) is 10.5 Å². The van der Waals surface area contributed by atoms with Crippen LogP contribution in [0.4, 0.5) is 0 Å². The van der Waals surface area contributed by atoms with Crippen LogP contribution in [0.15, 0.2) is 8.80 Å². The van der Waals surface area contributed by atoms with Crippen LogP contribution in [-0.4, -0.2) is 20.7 Å². The van der Waals surface area contributed by atoms with Gasteiger partial charge in [0.1, 0.15) is 15.8 Å². The summed E-state index contributed by atoms with van der Waals surface area (Å²) in [7, 11) is 0. The molecule has 1 rings (SSSR count). The molecule has 1 aliphatic rings. The summed E-state index contributed by atoms with van der Waals surface area (Å²) in [5.74, 6) is 0.315. The number of thioether (sulfide) groups is 2. The SMILES string of the molecule is N#CSCC1=NS(=O)N=C1SC#N. The Balaban J connectivity index is 2.70. The van der Waals surface area contributed by atoms with Gasteiger partial charge in [-0.1, -0.05) is 0 Å². The first-order valence-corrected chi connectivity index (χ1v) is 5.80. The maximum Gasteiger partial charge on any atom is 0.267 e. The number of hydrogen-bond acceptors (Lipinski definition) is 5. The Kier molecular flexibility index (Phi) is 3.96. The lowest BCUT2D eigenvalue weighted by atomic mass is 10.5. The first-order valence-electron chi connectivity index (χ1n) is 2.93. The molecule has 0 saturated heterocycles. The molecule has 0 bridgehead atoms. The average molecular weight is 230 g/mol. The van der Waals surface area contributed by atoms with Crippen molar-refractivity contribution in [3.63, 3.8) is 0 Å². The molecule has 0 saturated carbocycles. The van der Waals surface area contributed by atoms with Crippen molar-refractivity contribution in [2.75, 3.05) is 5.75 Å². The highest BCUT2D eigenvalue weighted by Gasteiger charge is 2.19. The first-order chi connectivity index (χ1) is 6.27. The van der Waals surface area contributed by atoms with Crippen LogP contribution in [0.3, 0.4) is 0 Å². The van der Waals surface area contributed by atoms with Crippen molar-refractivity contribution in [3.05, 3.63) is 0 Å². The fraction of sp³-hybridized carbons (Fsp3) is 0.200. The van der Waals surface area contributed by atoms with Gasteiger partial charge in [0.2, 0.25) is 0 Å². The van der Waals surface area contributed by atoms with E-state index < -0.39 is 11.2 Å². The second kappa shape index (κ2) is 5.02. The fourth-order valence-electron chi connectivity index (χ4n) is 0.587. The molecular weight excluding hydrogens is 228 g/mol. The van der Waals surface area contributed by atoms with Crippen LogP contribution in [0.1, 0.15) is 0 Å². The Labute approximate surface area is 85.7 Å². The summed E-state index contributed by atoms with van der Waals surface area (Å²) in [6.07, 6.45) is 0. The number of nitriles is 2. The fourth-order valence-corrected chi connectivity index (χ4v) is 2.51. The summed E-state index contributed by atoms with van der Waals surface area (Å²) in [4.78, 5) is 0. The summed E-state index contributed by atoms with van der Waals surface area (Å²) >= 11 is 0.177. The minimum Gasteiger partial charge on any atom is -0.209 e. The zero-order chi connectivity index (χ0) is 9.68. The molecule has 5 nitrogen and oxygen atoms in total. The second-order valence-corrected chi connectivity index (χ2v) is 4.10. The van der Waals surface area contributed by atoms with Gasteiger partial charge in [-0.15, -0.1) is 0 Å². The van der Waals surface area contributed by atoms with Crippen LogP contribution >= 0.6 is 23.5 Å². The highest BCUT2D eigenvalue weighted by molar-refractivity contribution is 8.20. The molecule has 0 N–H and O–H groups in total. The largest absolute Gasteiger partial charge is 0.267 e. The topological polar surface area (TPSA) is 89.4 Å². The Hall–Kier alpha value is -0.830. The normalized spacial score (nSPS) is 20.0. The van der Waals surface area contributed by atoms with Gasteiger partial charge in [-0.3, -0.25) is 0 Å². The maximum atomic E-state index is 10.8. The Bertz CT molecular complexity index is 374. The molecule has 0 aromatic rings. The summed E-state index contributed by atoms with van der Waals surface area (Å²) in [5.41, 5.74) is 0.455. The average Bonchev–Trinajstić information content (AvgIpc) is 2.44. The van der Waals surface area contributed by atoms with E-state index in [1.165, 1.54) is 0 Å². The highest BCUT2D eigenvalue weighted by atomic mass is 32.2. The lowest BCUT2D eigenvalue weighted by Gasteiger charge is -1.92. The van der Waals surface area contributed by atoms with Crippen LogP contribution in [-0.2, 0) is 11.2 Å². The molecule has 0 aromatic heterocycles. The van der Waals surface area contributed by atoms with Gasteiger partial charge in [-0.05, 0) is 11.8 Å². The Morgan fingerprint density at radius 2 is 2.15 bits per heavy atom. The molecule has 0 spiro atoms. The lowest BCUT2D eigenvalue weighted by Crippen LogP contribution is -2.08. The molecule has 0 fully saturated rings. The monoisotopic (exact) mass is 230 g/mol. The number of thiocyanates is 2. The Morgan fingerprint density at radius 1 is 1.38 bits per heavy atom. The molecular formula is C5H2N4OS3. The van der Waals surface area contributed by atoms with Crippen molar-refractivity contribution in [1.82, 2.24) is 0 Å². The molecule has 1 heterocycles. The summed E-state index contributed by atoms with van der Waals surface area (Å²) < 4.78 is 18.1. The zero-order valence-electron chi connectivity index (χ0n) is 6.13. The maximum absolute atomic E-state index is 10.8. The molecule has 0 amide bonds. The van der Waals surface area contributed by atoms with Gasteiger partial charge in [-0.25, -0.2) is 4.21 Å². The highest BCUT2D eigenvalue weighted by Crippen LogP contribution is 2.15. The van der Waals surface area contributed by atoms with Crippen LogP contribution in [0.2, 0.25) is 0 Å². The van der Waals surface area contributed by atoms with Crippen molar-refractivity contribution in [2.24, 2.45) is 8.80 Å². The quantitative estimate of drug-likeness (QED) is 0.656. The Morgan fingerprint density at radius 3 is 2.77 bits per heavy atom. The van der Waals surface area contributed by atoms with Gasteiger partial charge in [0, 0.05) is 11.8 Å². The first kappa shape index (κ1) is 10.3. The van der Waals surface area contributed by atoms with Gasteiger partial charge in [0.05, 0.1) is 11.5 Å². The molecule has 1 atom stereocenters. The van der Waals surface area contributed by atoms with Crippen molar-refractivity contribution in [1.29, 1.82) is 10.5 Å². The van der Waals surface area contributed by atoms with Crippen LogP contribution < -0.4 is 0 Å². The van der Waals surface area contributed by atoms with Crippen LogP contribution in [0.5, 0.6) is 0 Å². The van der Waals surface area contributed by atoms with E-state index in [2.05, 4.69) is 8.80 Å². The standard InChI is InChI=1S/C5H2N4OS3/c6-2-11-1-4-5(12-3-7)9-13(10)8-4/h1H2. The molecule has 0 radical (unpaired) electrons. The molecule has 13 heavy (non-hydrogen) atoms. The van der Waals surface area contributed by atoms with Crippen molar-refractivity contribution in [3.8, 4) is 10.8 Å². The predicted molar refractivity (Wildman–Crippen MR) is 54.3 cm³/mol. The van der Waals surface area contributed by atoms with Crippen molar-refractivity contribution < 1.29 is 4.21 Å². The van der Waals surface area contributed by atoms with Crippen molar-refractivity contribution in [2.45, 2.75) is 0 Å². The molecule has 0 aromatic carbocycles. The lowest BCUT2D eigenvalue weighted by molar-refractivity contribution is 0.686. The third kappa shape index (κ3) is 2.84. The van der Waals surface area contributed by atoms with Crippen LogP contribution in [0, 0.1) is 21.3 Å². The van der Waals surface area contributed by atoms with E-state index in [9.17, 15) is 4.21 Å². The minimum atomic E-state index is -1.61. The van der Waals surface area contributed by atoms with Gasteiger partial charge in [-0.2, -0.15) is 19.3 Å².